The Balaban J connectivity index is 1.97. The summed E-state index contributed by atoms with van der Waals surface area (Å²) in [7, 11) is 0. The second-order valence-corrected chi connectivity index (χ2v) is 6.28. The van der Waals surface area contributed by atoms with Gasteiger partial charge >= 0.3 is 0 Å². The van der Waals surface area contributed by atoms with Gasteiger partial charge < -0.3 is 10.2 Å². The number of phenols is 1. The van der Waals surface area contributed by atoms with Crippen molar-refractivity contribution in [3.8, 4) is 5.75 Å². The first-order valence-electron chi connectivity index (χ1n) is 12.1. The number of fused-ring (bicyclic) bond motifs is 5. The monoisotopic (exact) mass is 282 g/mol. The van der Waals surface area contributed by atoms with Crippen molar-refractivity contribution in [2.24, 2.45) is 17.3 Å². The molecule has 2 N–H and O–H groups in total. The van der Waals surface area contributed by atoms with Gasteiger partial charge in [0.15, 0.2) is 0 Å². The first-order valence-corrected chi connectivity index (χ1v) is 7.07. The van der Waals surface area contributed by atoms with Crippen molar-refractivity contribution in [1.82, 2.24) is 0 Å². The molecule has 0 saturated heterocycles. The summed E-state index contributed by atoms with van der Waals surface area (Å²) in [5, 5.41) is 15.1. The van der Waals surface area contributed by atoms with Gasteiger partial charge in [0.1, 0.15) is 5.75 Å². The van der Waals surface area contributed by atoms with E-state index in [1.165, 1.54) is 0 Å². The van der Waals surface area contributed by atoms with E-state index in [1.54, 1.807) is 6.92 Å². The summed E-state index contributed by atoms with van der Waals surface area (Å²) >= 11 is 0. The zero-order valence-electron chi connectivity index (χ0n) is 21.3. The van der Waals surface area contributed by atoms with Crippen molar-refractivity contribution in [1.29, 1.82) is 1.43 Å². The third kappa shape index (κ3) is 1.60. The average molecular weight is 282 g/mol. The standard InChI is InChI=1S/C18H24O2/c1-18-9-8-14-13-5-3-12(19)10-11(13)2-4-15(14)16(18)6-7-17(18)20/h3,5,10,14-17,19-20H,2,4,6-9H2,1H3/t14-,15-,16+,17+,18+/m1/s1/i2D2,3D,4D,5D,7D2,10D,17D/hD/t4?,14-,15-,16+,17+,18+. The number of aromatic hydroxyl groups is 1. The zero-order chi connectivity index (χ0) is 22.6. The lowest BCUT2D eigenvalue weighted by molar-refractivity contribution is -0.0226. The van der Waals surface area contributed by atoms with Gasteiger partial charge in [-0.1, -0.05) is 13.0 Å². The minimum Gasteiger partial charge on any atom is -0.508 e. The third-order valence-corrected chi connectivity index (χ3v) is 5.36. The summed E-state index contributed by atoms with van der Waals surface area (Å²) in [5.41, 5.74) is -1.25. The SMILES string of the molecule is [2H]Oc1c([2H])c([2H])c2c(c1[2H])C([2H])([2H])C([2H])[C@@H]1[C@@H]2CC[C@@]2(C)[C@H]1CC([2H])([2H])[C@]2([2H])O. The van der Waals surface area contributed by atoms with Crippen LogP contribution in [0.2, 0.25) is 0 Å². The molecule has 0 radical (unpaired) electrons. The number of hydrogen-bond donors (Lipinski definition) is 2. The molecule has 4 rings (SSSR count). The maximum absolute atomic E-state index is 10.8. The van der Waals surface area contributed by atoms with Crippen molar-refractivity contribution in [3.63, 3.8) is 0 Å². The Labute approximate surface area is 135 Å². The first-order chi connectivity index (χ1) is 13.6. The molecule has 6 atom stereocenters. The predicted molar refractivity (Wildman–Crippen MR) is 78.7 cm³/mol. The van der Waals surface area contributed by atoms with Gasteiger partial charge in [0, 0.05) is 6.85 Å². The van der Waals surface area contributed by atoms with Crippen LogP contribution in [0.3, 0.4) is 0 Å². The fourth-order valence-electron chi connectivity index (χ4n) is 4.14. The predicted octanol–water partition coefficient (Wildman–Crippen LogP) is 3.61. The smallest absolute Gasteiger partial charge is 0.293 e. The number of benzene rings is 1. The van der Waals surface area contributed by atoms with E-state index in [2.05, 4.69) is 5.11 Å². The highest BCUT2D eigenvalue weighted by atomic mass is 16.3. The van der Waals surface area contributed by atoms with Crippen LogP contribution in [0, 0.1) is 17.3 Å². The summed E-state index contributed by atoms with van der Waals surface area (Å²) in [5.74, 6) is -2.55. The molecule has 0 heterocycles. The molecule has 2 heteroatoms. The van der Waals surface area contributed by atoms with E-state index in [1.807, 2.05) is 0 Å². The maximum atomic E-state index is 10.8. The van der Waals surface area contributed by atoms with E-state index in [0.717, 1.165) is 0 Å². The van der Waals surface area contributed by atoms with E-state index in [-0.39, 0.29) is 36.4 Å². The van der Waals surface area contributed by atoms with Crippen LogP contribution in [-0.4, -0.2) is 17.7 Å². The van der Waals surface area contributed by atoms with Crippen LogP contribution < -0.4 is 0 Å². The van der Waals surface area contributed by atoms with Gasteiger partial charge in [-0.3, -0.25) is 0 Å². The van der Waals surface area contributed by atoms with Crippen LogP contribution in [0.1, 0.15) is 68.3 Å². The lowest BCUT2D eigenvalue weighted by Crippen LogP contribution is -2.43. The Kier molecular flexibility index (Phi) is 1.27. The molecule has 3 aliphatic rings. The van der Waals surface area contributed by atoms with Gasteiger partial charge in [0.05, 0.1) is 11.6 Å². The summed E-state index contributed by atoms with van der Waals surface area (Å²) in [6.45, 7) is 1.62. The molecule has 0 spiro atoms. The maximum Gasteiger partial charge on any atom is 0.293 e. The highest BCUT2D eigenvalue weighted by molar-refractivity contribution is 5.40. The van der Waals surface area contributed by atoms with Crippen molar-refractivity contribution < 1.29 is 22.6 Å². The molecule has 0 bridgehead atoms. The second kappa shape index (κ2) is 4.24. The van der Waals surface area contributed by atoms with Crippen LogP contribution in [0.5, 0.6) is 5.75 Å². The van der Waals surface area contributed by atoms with Gasteiger partial charge in [-0.05, 0) is 84.8 Å². The van der Waals surface area contributed by atoms with E-state index in [4.69, 9.17) is 13.8 Å². The molecule has 108 valence electrons. The van der Waals surface area contributed by atoms with Crippen LogP contribution in [0.15, 0.2) is 18.1 Å². The van der Waals surface area contributed by atoms with E-state index >= 15 is 0 Å². The lowest BCUT2D eigenvalue weighted by atomic mass is 9.55. The van der Waals surface area contributed by atoms with Crippen molar-refractivity contribution >= 4 is 0 Å². The van der Waals surface area contributed by atoms with Crippen LogP contribution in [-0.2, 0) is 6.37 Å². The van der Waals surface area contributed by atoms with Gasteiger partial charge in [0.25, 0.3) is 1.43 Å². The fourth-order valence-corrected chi connectivity index (χ4v) is 4.14. The van der Waals surface area contributed by atoms with Crippen molar-refractivity contribution in [2.75, 3.05) is 0 Å². The highest BCUT2D eigenvalue weighted by Gasteiger charge is 2.54. The van der Waals surface area contributed by atoms with Gasteiger partial charge in [-0.2, -0.15) is 0 Å². The number of aliphatic hydroxyl groups is 1. The summed E-state index contributed by atoms with van der Waals surface area (Å²) in [6, 6.07) is -1.34. The zero-order valence-corrected chi connectivity index (χ0v) is 11.3. The summed E-state index contributed by atoms with van der Waals surface area (Å²) in [6.07, 6.45) is -8.14. The molecule has 2 nitrogen and oxygen atoms in total. The molecular formula is C18H24O2. The van der Waals surface area contributed by atoms with Gasteiger partial charge in [-0.15, -0.1) is 0 Å². The first kappa shape index (κ1) is 6.00. The lowest BCUT2D eigenvalue weighted by Gasteiger charge is -2.50. The normalized spacial score (nSPS) is 62.1. The Morgan fingerprint density at radius 1 is 1.50 bits per heavy atom. The Hall–Kier alpha value is -1.02. The highest BCUT2D eigenvalue weighted by Crippen LogP contribution is 2.60. The van der Waals surface area contributed by atoms with Crippen LogP contribution >= 0.6 is 0 Å². The van der Waals surface area contributed by atoms with E-state index in [0.29, 0.717) is 0 Å². The third-order valence-electron chi connectivity index (χ3n) is 5.36. The molecule has 1 unspecified atom stereocenters. The topological polar surface area (TPSA) is 40.5 Å². The molecule has 0 amide bonds. The Bertz CT molecular complexity index is 917. The number of rotatable bonds is 1. The summed E-state index contributed by atoms with van der Waals surface area (Å²) in [4.78, 5) is 0. The number of hydrogen-bond acceptors (Lipinski definition) is 2. The molecule has 3 aliphatic carbocycles. The largest absolute Gasteiger partial charge is 0.508 e. The fraction of sp³-hybridized carbons (Fsp3) is 0.667. The Morgan fingerprint density at radius 3 is 3.25 bits per heavy atom. The number of phenolic OH excluding ortho intramolecular Hbond substituents is 1. The molecule has 1 aromatic carbocycles. The molecule has 0 aromatic heterocycles. The van der Waals surface area contributed by atoms with Crippen molar-refractivity contribution in [2.45, 2.75) is 57.3 Å². The molecule has 2 saturated carbocycles. The van der Waals surface area contributed by atoms with Gasteiger partial charge in [0.2, 0.25) is 0 Å². The van der Waals surface area contributed by atoms with Crippen molar-refractivity contribution in [3.05, 3.63) is 29.3 Å². The Morgan fingerprint density at radius 2 is 2.40 bits per heavy atom. The molecule has 20 heavy (non-hydrogen) atoms. The van der Waals surface area contributed by atoms with Gasteiger partial charge in [-0.25, -0.2) is 0 Å². The average Bonchev–Trinajstić information content (AvgIpc) is 2.78. The summed E-state index contributed by atoms with van der Waals surface area (Å²) < 4.78 is 82.9. The van der Waals surface area contributed by atoms with E-state index in [9.17, 15) is 5.11 Å². The second-order valence-electron chi connectivity index (χ2n) is 6.28. The minimum absolute atomic E-state index is 0.146. The van der Waals surface area contributed by atoms with Crippen LogP contribution in [0.4, 0.5) is 0 Å². The van der Waals surface area contributed by atoms with E-state index < -0.39 is 66.2 Å². The quantitative estimate of drug-likeness (QED) is 0.826. The molecule has 1 aromatic rings. The molecule has 0 aliphatic heterocycles. The molecular weight excluding hydrogens is 248 g/mol. The van der Waals surface area contributed by atoms with Crippen LogP contribution in [0.25, 0.3) is 0 Å². The molecule has 2 fully saturated rings. The minimum atomic E-state index is -2.40.